The first-order chi connectivity index (χ1) is 15.6. The van der Waals surface area contributed by atoms with Crippen LogP contribution in [0.1, 0.15) is 47.0 Å². The van der Waals surface area contributed by atoms with Gasteiger partial charge in [0.2, 0.25) is 5.91 Å². The maximum absolute atomic E-state index is 12.4. The van der Waals surface area contributed by atoms with Gasteiger partial charge >= 0.3 is 5.97 Å². The van der Waals surface area contributed by atoms with Crippen LogP contribution < -0.4 is 5.32 Å². The number of aliphatic hydroxyl groups is 5. The Morgan fingerprint density at radius 3 is 2.33 bits per heavy atom. The highest BCUT2D eigenvalue weighted by Crippen LogP contribution is 2.27. The summed E-state index contributed by atoms with van der Waals surface area (Å²) in [5.41, 5.74) is 0.308. The maximum Gasteiger partial charge on any atom is 0.333 e. The van der Waals surface area contributed by atoms with Crippen molar-refractivity contribution in [2.75, 3.05) is 13.2 Å². The number of rotatable bonds is 13. The normalized spacial score (nSPS) is 24.8. The van der Waals surface area contributed by atoms with Crippen LogP contribution >= 0.6 is 0 Å². The molecule has 1 aliphatic carbocycles. The first kappa shape index (κ1) is 29.1. The molecule has 190 valence electrons. The monoisotopic (exact) mass is 474 g/mol. The third-order valence-corrected chi connectivity index (χ3v) is 5.44. The van der Waals surface area contributed by atoms with E-state index in [1.807, 2.05) is 13.8 Å². The summed E-state index contributed by atoms with van der Waals surface area (Å²) in [7, 11) is 0. The van der Waals surface area contributed by atoms with Crippen LogP contribution in [0.2, 0.25) is 0 Å². The van der Waals surface area contributed by atoms with E-state index in [2.05, 4.69) is 10.3 Å². The van der Waals surface area contributed by atoms with Crippen LogP contribution in [-0.2, 0) is 19.1 Å². The van der Waals surface area contributed by atoms with Gasteiger partial charge in [0, 0.05) is 25.1 Å². The average molecular weight is 475 g/mol. The number of aliphatic hydroxyl groups excluding tert-OH is 5. The van der Waals surface area contributed by atoms with Crippen LogP contribution in [0.3, 0.4) is 0 Å². The van der Waals surface area contributed by atoms with E-state index in [9.17, 15) is 30.0 Å². The second-order valence-electron chi connectivity index (χ2n) is 7.97. The van der Waals surface area contributed by atoms with Gasteiger partial charge in [-0.3, -0.25) is 9.79 Å². The molecule has 0 aromatic heterocycles. The molecule has 0 aliphatic heterocycles. The van der Waals surface area contributed by atoms with Crippen molar-refractivity contribution in [1.29, 1.82) is 0 Å². The van der Waals surface area contributed by atoms with Gasteiger partial charge in [-0.1, -0.05) is 13.8 Å². The molecule has 0 saturated carbocycles. The smallest absolute Gasteiger partial charge is 0.333 e. The molecule has 7 atom stereocenters. The van der Waals surface area contributed by atoms with Gasteiger partial charge in [-0.2, -0.15) is 0 Å². The molecule has 6 N–H and O–H groups in total. The third-order valence-electron chi connectivity index (χ3n) is 5.44. The number of ether oxygens (including phenoxy) is 2. The molecule has 11 nitrogen and oxygen atoms in total. The predicted octanol–water partition coefficient (Wildman–Crippen LogP) is -1.17. The fraction of sp³-hybridized carbons (Fsp3) is 0.773. The Bertz CT molecular complexity index is 681. The van der Waals surface area contributed by atoms with E-state index in [-0.39, 0.29) is 25.0 Å². The molecule has 0 spiro atoms. The number of hydrogen-bond acceptors (Lipinski definition) is 10. The Hall–Kier alpha value is -1.89. The third kappa shape index (κ3) is 8.76. The molecule has 0 fully saturated rings. The van der Waals surface area contributed by atoms with Crippen molar-refractivity contribution in [3.63, 3.8) is 0 Å². The lowest BCUT2D eigenvalue weighted by Gasteiger charge is -2.36. The summed E-state index contributed by atoms with van der Waals surface area (Å²) in [5, 5.41) is 51.2. The van der Waals surface area contributed by atoms with E-state index in [4.69, 9.17) is 14.6 Å². The van der Waals surface area contributed by atoms with Gasteiger partial charge in [-0.25, -0.2) is 4.79 Å². The van der Waals surface area contributed by atoms with Crippen LogP contribution in [0.4, 0.5) is 0 Å². The molecule has 0 bridgehead atoms. The van der Waals surface area contributed by atoms with Crippen LogP contribution in [0.15, 0.2) is 16.6 Å². The van der Waals surface area contributed by atoms with Crippen molar-refractivity contribution in [3.05, 3.63) is 11.6 Å². The van der Waals surface area contributed by atoms with Crippen molar-refractivity contribution in [1.82, 2.24) is 5.32 Å². The number of amides is 1. The Balaban J connectivity index is 3.23. The zero-order valence-corrected chi connectivity index (χ0v) is 19.6. The number of nitrogens with one attached hydrogen (secondary N) is 1. The number of hydrogen-bond donors (Lipinski definition) is 6. The van der Waals surface area contributed by atoms with Gasteiger partial charge in [0.15, 0.2) is 0 Å². The van der Waals surface area contributed by atoms with Crippen molar-refractivity contribution in [3.8, 4) is 0 Å². The number of carbonyl (C=O) groups excluding carboxylic acids is 2. The Labute approximate surface area is 194 Å². The molecule has 1 rings (SSSR count). The Morgan fingerprint density at radius 1 is 1.18 bits per heavy atom. The summed E-state index contributed by atoms with van der Waals surface area (Å²) in [6.07, 6.45) is -3.70. The van der Waals surface area contributed by atoms with Crippen LogP contribution in [0.25, 0.3) is 0 Å². The van der Waals surface area contributed by atoms with Gasteiger partial charge < -0.3 is 40.3 Å². The van der Waals surface area contributed by atoms with E-state index in [1.165, 1.54) is 6.92 Å². The fourth-order valence-corrected chi connectivity index (χ4v) is 3.53. The van der Waals surface area contributed by atoms with Crippen molar-refractivity contribution in [2.24, 2.45) is 4.99 Å². The maximum atomic E-state index is 12.4. The van der Waals surface area contributed by atoms with E-state index < -0.39 is 55.2 Å². The molecular formula is C22H38N2O9. The summed E-state index contributed by atoms with van der Waals surface area (Å²) in [6.45, 7) is 6.30. The molecule has 0 aromatic carbocycles. The second-order valence-corrected chi connectivity index (χ2v) is 7.97. The van der Waals surface area contributed by atoms with Gasteiger partial charge in [0.1, 0.15) is 24.4 Å². The fourth-order valence-electron chi connectivity index (χ4n) is 3.53. The molecule has 1 amide bonds. The first-order valence-electron chi connectivity index (χ1n) is 11.3. The summed E-state index contributed by atoms with van der Waals surface area (Å²) in [5.74, 6) is -0.882. The van der Waals surface area contributed by atoms with Crippen molar-refractivity contribution < 1.29 is 44.6 Å². The zero-order valence-electron chi connectivity index (χ0n) is 19.6. The predicted molar refractivity (Wildman–Crippen MR) is 120 cm³/mol. The summed E-state index contributed by atoms with van der Waals surface area (Å²) >= 11 is 0. The number of nitrogens with zero attached hydrogens (tertiary/aromatic N) is 1. The SMILES string of the molecule is CCOC(=O)C1=C[C@@H](OC(CC)CC)[C@H](NC(C)=O)[C@@H](N=C[C@H](O)[C@@H](O)[C@H](O)[C@H](O)CO)C1. The summed E-state index contributed by atoms with van der Waals surface area (Å²) in [6, 6.07) is -1.42. The second kappa shape index (κ2) is 14.4. The molecule has 0 aromatic rings. The van der Waals surface area contributed by atoms with Gasteiger partial charge in [-0.05, 0) is 25.8 Å². The molecule has 0 saturated heterocycles. The van der Waals surface area contributed by atoms with E-state index in [0.29, 0.717) is 18.4 Å². The lowest BCUT2D eigenvalue weighted by atomic mass is 9.87. The van der Waals surface area contributed by atoms with Gasteiger partial charge in [0.25, 0.3) is 0 Å². The van der Waals surface area contributed by atoms with E-state index in [1.54, 1.807) is 13.0 Å². The van der Waals surface area contributed by atoms with Crippen molar-refractivity contribution in [2.45, 2.75) is 95.7 Å². The molecular weight excluding hydrogens is 436 g/mol. The van der Waals surface area contributed by atoms with Crippen LogP contribution in [0, 0.1) is 0 Å². The molecule has 33 heavy (non-hydrogen) atoms. The quantitative estimate of drug-likeness (QED) is 0.142. The molecule has 0 unspecified atom stereocenters. The molecule has 11 heteroatoms. The Kier molecular flexibility index (Phi) is 12.7. The topological polar surface area (TPSA) is 178 Å². The van der Waals surface area contributed by atoms with Gasteiger partial charge in [0.05, 0.1) is 37.5 Å². The van der Waals surface area contributed by atoms with Crippen LogP contribution in [-0.4, -0.2) is 106 Å². The minimum absolute atomic E-state index is 0.0771. The first-order valence-corrected chi connectivity index (χ1v) is 11.3. The minimum atomic E-state index is -1.82. The Morgan fingerprint density at radius 2 is 1.82 bits per heavy atom. The number of esters is 1. The van der Waals surface area contributed by atoms with Gasteiger partial charge in [-0.15, -0.1) is 0 Å². The summed E-state index contributed by atoms with van der Waals surface area (Å²) < 4.78 is 11.3. The number of carbonyl (C=O) groups is 2. The van der Waals surface area contributed by atoms with Crippen LogP contribution in [0.5, 0.6) is 0 Å². The standard InChI is InChI=1S/C22H38N2O9/c1-5-14(6-2)33-18-9-13(22(31)32-7-3)8-15(19(18)24-12(4)26)23-10-16(27)20(29)21(30)17(28)11-25/h9-10,14-21,25,27-30H,5-8,11H2,1-4H3,(H,24,26)/t15-,16-,17+,18+,19+,20+,21+/m0/s1. The molecule has 0 heterocycles. The van der Waals surface area contributed by atoms with E-state index in [0.717, 1.165) is 6.21 Å². The number of aliphatic imine (C=N–C) groups is 1. The zero-order chi connectivity index (χ0) is 25.1. The molecule has 0 radical (unpaired) electrons. The minimum Gasteiger partial charge on any atom is -0.463 e. The highest BCUT2D eigenvalue weighted by Gasteiger charge is 2.38. The van der Waals surface area contributed by atoms with E-state index >= 15 is 0 Å². The highest BCUT2D eigenvalue weighted by molar-refractivity contribution is 5.89. The lowest BCUT2D eigenvalue weighted by Crippen LogP contribution is -2.53. The average Bonchev–Trinajstić information content (AvgIpc) is 2.80. The lowest BCUT2D eigenvalue weighted by molar-refractivity contribution is -0.139. The summed E-state index contributed by atoms with van der Waals surface area (Å²) in [4.78, 5) is 28.6. The highest BCUT2D eigenvalue weighted by atomic mass is 16.5. The van der Waals surface area contributed by atoms with Crippen molar-refractivity contribution >= 4 is 18.1 Å². The molecule has 1 aliphatic rings. The largest absolute Gasteiger partial charge is 0.463 e.